The molecule has 6 heterocycles. The molecular weight excluding hydrogens is 497 g/mol. The molecular formula is C28H26FN9O. The molecule has 7 rings (SSSR count). The fraction of sp³-hybridized carbons (Fsp3) is 0.250. The van der Waals surface area contributed by atoms with Gasteiger partial charge in [0.2, 0.25) is 0 Å². The average molecular weight is 524 g/mol. The van der Waals surface area contributed by atoms with Gasteiger partial charge in [0.25, 0.3) is 0 Å². The van der Waals surface area contributed by atoms with E-state index in [0.29, 0.717) is 46.1 Å². The van der Waals surface area contributed by atoms with Crippen molar-refractivity contribution in [3.05, 3.63) is 60.8 Å². The summed E-state index contributed by atoms with van der Waals surface area (Å²) >= 11 is 0. The van der Waals surface area contributed by atoms with Gasteiger partial charge in [0.05, 0.1) is 22.9 Å². The highest BCUT2D eigenvalue weighted by molar-refractivity contribution is 5.95. The number of nitrogens with zero attached hydrogens (tertiary/aromatic N) is 7. The Bertz CT molecular complexity index is 1800. The van der Waals surface area contributed by atoms with Crippen LogP contribution in [0, 0.1) is 5.82 Å². The van der Waals surface area contributed by atoms with E-state index in [4.69, 9.17) is 14.7 Å². The van der Waals surface area contributed by atoms with E-state index < -0.39 is 0 Å². The quantitative estimate of drug-likeness (QED) is 0.315. The number of H-pyrrole nitrogens is 2. The van der Waals surface area contributed by atoms with Gasteiger partial charge in [-0.2, -0.15) is 10.2 Å². The van der Waals surface area contributed by atoms with E-state index in [1.807, 2.05) is 37.5 Å². The Kier molecular flexibility index (Phi) is 5.77. The van der Waals surface area contributed by atoms with E-state index in [0.717, 1.165) is 42.0 Å². The molecule has 5 aromatic heterocycles. The van der Waals surface area contributed by atoms with Crippen LogP contribution < -0.4 is 4.74 Å². The van der Waals surface area contributed by atoms with Crippen molar-refractivity contribution in [3.8, 4) is 39.7 Å². The van der Waals surface area contributed by atoms with E-state index in [1.165, 1.54) is 25.0 Å². The summed E-state index contributed by atoms with van der Waals surface area (Å²) in [7, 11) is 1.87. The van der Waals surface area contributed by atoms with Crippen LogP contribution in [-0.2, 0) is 7.05 Å². The van der Waals surface area contributed by atoms with Crippen molar-refractivity contribution in [2.75, 3.05) is 26.2 Å². The number of aromatic amines is 2. The largest absolute Gasteiger partial charge is 0.492 e. The lowest BCUT2D eigenvalue weighted by Gasteiger charge is -2.15. The molecule has 1 fully saturated rings. The topological polar surface area (TPSA) is 113 Å². The van der Waals surface area contributed by atoms with Crippen molar-refractivity contribution in [2.24, 2.45) is 7.05 Å². The number of rotatable bonds is 7. The standard InChI is InChI=1S/C28H26FN9O/c1-37-16-18(15-31-37)22-4-5-23-25(32-22)26(36-35-23)28-33-24-21(6-7-30-27(24)34-28)17-12-19(29)14-20(13-17)39-11-10-38-8-2-3-9-38/h4-7,12-16H,2-3,8-11H2,1H3,(H,35,36)(H,30,33,34). The number of pyridine rings is 2. The molecule has 1 aliphatic heterocycles. The van der Waals surface area contributed by atoms with Crippen LogP contribution in [0.1, 0.15) is 12.8 Å². The predicted molar refractivity (Wildman–Crippen MR) is 146 cm³/mol. The molecule has 1 saturated heterocycles. The fourth-order valence-corrected chi connectivity index (χ4v) is 5.14. The SMILES string of the molecule is Cn1cc(-c2ccc3[nH]nc(-c4nc5nccc(-c6cc(F)cc(OCCN7CCCC7)c6)c5[nH]4)c3n2)cn1. The fourth-order valence-electron chi connectivity index (χ4n) is 5.14. The molecule has 0 aliphatic carbocycles. The summed E-state index contributed by atoms with van der Waals surface area (Å²) < 4.78 is 22.3. The number of benzene rings is 1. The van der Waals surface area contributed by atoms with Crippen LogP contribution in [0.4, 0.5) is 4.39 Å². The van der Waals surface area contributed by atoms with Crippen LogP contribution in [0.3, 0.4) is 0 Å². The molecule has 1 aromatic carbocycles. The molecule has 11 heteroatoms. The van der Waals surface area contributed by atoms with Gasteiger partial charge >= 0.3 is 0 Å². The summed E-state index contributed by atoms with van der Waals surface area (Å²) in [6, 6.07) is 10.5. The third kappa shape index (κ3) is 4.50. The average Bonchev–Trinajstić information content (AvgIpc) is 3.74. The lowest BCUT2D eigenvalue weighted by molar-refractivity contribution is 0.237. The van der Waals surface area contributed by atoms with Gasteiger partial charge in [0, 0.05) is 43.2 Å². The Labute approximate surface area is 222 Å². The van der Waals surface area contributed by atoms with Gasteiger partial charge in [0.1, 0.15) is 23.7 Å². The van der Waals surface area contributed by atoms with Gasteiger partial charge in [-0.3, -0.25) is 14.7 Å². The highest BCUT2D eigenvalue weighted by Crippen LogP contribution is 2.33. The number of ether oxygens (including phenoxy) is 1. The highest BCUT2D eigenvalue weighted by atomic mass is 19.1. The number of fused-ring (bicyclic) bond motifs is 2. The zero-order valence-electron chi connectivity index (χ0n) is 21.4. The summed E-state index contributed by atoms with van der Waals surface area (Å²) in [5.74, 6) is 0.656. The van der Waals surface area contributed by atoms with Crippen molar-refractivity contribution in [3.63, 3.8) is 0 Å². The first-order chi connectivity index (χ1) is 19.1. The summed E-state index contributed by atoms with van der Waals surface area (Å²) in [4.78, 5) is 19.7. The zero-order valence-corrected chi connectivity index (χ0v) is 21.4. The summed E-state index contributed by atoms with van der Waals surface area (Å²) in [5, 5.41) is 11.8. The number of nitrogens with one attached hydrogen (secondary N) is 2. The maximum atomic E-state index is 14.7. The monoisotopic (exact) mass is 523 g/mol. The van der Waals surface area contributed by atoms with E-state index in [2.05, 4.69) is 30.2 Å². The number of likely N-dealkylation sites (tertiary alicyclic amines) is 1. The van der Waals surface area contributed by atoms with Gasteiger partial charge in [-0.1, -0.05) is 0 Å². The van der Waals surface area contributed by atoms with Gasteiger partial charge < -0.3 is 9.72 Å². The number of hydrogen-bond donors (Lipinski definition) is 2. The molecule has 0 radical (unpaired) electrons. The molecule has 0 unspecified atom stereocenters. The second kappa shape index (κ2) is 9.59. The van der Waals surface area contributed by atoms with Crippen LogP contribution in [-0.4, -0.2) is 71.1 Å². The molecule has 0 atom stereocenters. The predicted octanol–water partition coefficient (Wildman–Crippen LogP) is 4.58. The summed E-state index contributed by atoms with van der Waals surface area (Å²) in [6.07, 6.45) is 7.81. The molecule has 0 amide bonds. The number of imidazole rings is 1. The minimum atomic E-state index is -0.362. The molecule has 1 aliphatic rings. The third-order valence-electron chi connectivity index (χ3n) is 7.08. The smallest absolute Gasteiger partial charge is 0.178 e. The Balaban J connectivity index is 1.23. The summed E-state index contributed by atoms with van der Waals surface area (Å²) in [6.45, 7) is 3.55. The van der Waals surface area contributed by atoms with E-state index in [1.54, 1.807) is 17.1 Å². The first-order valence-electron chi connectivity index (χ1n) is 13.0. The molecule has 0 bridgehead atoms. The second-order valence-corrected chi connectivity index (χ2v) is 9.78. The lowest BCUT2D eigenvalue weighted by atomic mass is 10.1. The van der Waals surface area contributed by atoms with E-state index in [9.17, 15) is 4.39 Å². The minimum absolute atomic E-state index is 0.362. The molecule has 2 N–H and O–H groups in total. The zero-order chi connectivity index (χ0) is 26.3. The van der Waals surface area contributed by atoms with Crippen molar-refractivity contribution in [1.82, 2.24) is 44.8 Å². The van der Waals surface area contributed by atoms with Crippen LogP contribution in [0.2, 0.25) is 0 Å². The van der Waals surface area contributed by atoms with E-state index in [-0.39, 0.29) is 5.82 Å². The van der Waals surface area contributed by atoms with Crippen LogP contribution in [0.15, 0.2) is 55.0 Å². The van der Waals surface area contributed by atoms with Crippen molar-refractivity contribution >= 4 is 22.2 Å². The second-order valence-electron chi connectivity index (χ2n) is 9.78. The third-order valence-corrected chi connectivity index (χ3v) is 7.08. The molecule has 39 heavy (non-hydrogen) atoms. The molecule has 10 nitrogen and oxygen atoms in total. The molecule has 6 aromatic rings. The van der Waals surface area contributed by atoms with Crippen LogP contribution >= 0.6 is 0 Å². The van der Waals surface area contributed by atoms with Crippen LogP contribution in [0.5, 0.6) is 5.75 Å². The normalized spacial score (nSPS) is 14.1. The van der Waals surface area contributed by atoms with Crippen LogP contribution in [0.25, 0.3) is 56.1 Å². The van der Waals surface area contributed by atoms with Crippen molar-refractivity contribution in [1.29, 1.82) is 0 Å². The Morgan fingerprint density at radius 1 is 1.05 bits per heavy atom. The highest BCUT2D eigenvalue weighted by Gasteiger charge is 2.18. The Morgan fingerprint density at radius 2 is 1.95 bits per heavy atom. The van der Waals surface area contributed by atoms with Gasteiger partial charge in [0.15, 0.2) is 17.2 Å². The van der Waals surface area contributed by atoms with Gasteiger partial charge in [-0.15, -0.1) is 0 Å². The number of hydrogen-bond acceptors (Lipinski definition) is 7. The Morgan fingerprint density at radius 3 is 2.79 bits per heavy atom. The maximum Gasteiger partial charge on any atom is 0.178 e. The van der Waals surface area contributed by atoms with E-state index >= 15 is 0 Å². The molecule has 0 saturated carbocycles. The van der Waals surface area contributed by atoms with Gasteiger partial charge in [-0.05, 0) is 61.8 Å². The van der Waals surface area contributed by atoms with Crippen molar-refractivity contribution < 1.29 is 9.13 Å². The summed E-state index contributed by atoms with van der Waals surface area (Å²) in [5.41, 5.74) is 6.36. The molecule has 196 valence electrons. The number of aromatic nitrogens is 8. The minimum Gasteiger partial charge on any atom is -0.492 e. The number of aryl methyl sites for hydroxylation is 1. The van der Waals surface area contributed by atoms with Crippen molar-refractivity contribution in [2.45, 2.75) is 12.8 Å². The maximum absolute atomic E-state index is 14.7. The molecule has 0 spiro atoms. The van der Waals surface area contributed by atoms with Gasteiger partial charge in [-0.25, -0.2) is 19.3 Å². The first kappa shape index (κ1) is 23.5. The number of halogens is 1. The first-order valence-corrected chi connectivity index (χ1v) is 13.0. The Hall–Kier alpha value is -4.64. The lowest BCUT2D eigenvalue weighted by Crippen LogP contribution is -2.25.